The molecule has 1 aromatic carbocycles. The molecular formula is C29H37BrF3N5O5. The van der Waals surface area contributed by atoms with Gasteiger partial charge in [0, 0.05) is 33.2 Å². The summed E-state index contributed by atoms with van der Waals surface area (Å²) in [7, 11) is 1.38. The number of methoxy groups -OCH3 is 1. The van der Waals surface area contributed by atoms with Crippen molar-refractivity contribution < 1.29 is 36.9 Å². The Kier molecular flexibility index (Phi) is 8.08. The predicted molar refractivity (Wildman–Crippen MR) is 155 cm³/mol. The normalized spacial score (nSPS) is 27.2. The van der Waals surface area contributed by atoms with Crippen LogP contribution in [-0.4, -0.2) is 102 Å². The number of aromatic nitrogens is 2. The van der Waals surface area contributed by atoms with E-state index < -0.39 is 35.0 Å². The first-order chi connectivity index (χ1) is 20.4. The molecule has 43 heavy (non-hydrogen) atoms. The minimum Gasteiger partial charge on any atom is -0.463 e. The number of alkyl halides is 1. The molecule has 5 heterocycles. The molecule has 4 atom stereocenters. The Morgan fingerprint density at radius 2 is 1.81 bits per heavy atom. The zero-order valence-corrected chi connectivity index (χ0v) is 26.4. The van der Waals surface area contributed by atoms with E-state index in [-0.39, 0.29) is 58.4 Å². The van der Waals surface area contributed by atoms with Gasteiger partial charge in [-0.2, -0.15) is 9.97 Å². The second-order valence-electron chi connectivity index (χ2n) is 12.9. The van der Waals surface area contributed by atoms with E-state index in [9.17, 15) is 9.18 Å². The smallest absolute Gasteiger partial charge is 0.410 e. The van der Waals surface area contributed by atoms with Gasteiger partial charge >= 0.3 is 12.1 Å². The quantitative estimate of drug-likeness (QED) is 0.291. The molecule has 1 amide bonds. The number of carbonyl (C=O) groups excluding carboxylic acids is 1. The molecule has 14 heteroatoms. The first-order valence-corrected chi connectivity index (χ1v) is 15.5. The summed E-state index contributed by atoms with van der Waals surface area (Å²) in [5, 5.41) is -0.158. The number of hydrogen-bond acceptors (Lipinski definition) is 9. The van der Waals surface area contributed by atoms with Gasteiger partial charge in [0.05, 0.1) is 23.0 Å². The van der Waals surface area contributed by atoms with E-state index in [2.05, 4.69) is 30.8 Å². The molecule has 0 saturated carbocycles. The van der Waals surface area contributed by atoms with Crippen molar-refractivity contribution in [1.29, 1.82) is 0 Å². The van der Waals surface area contributed by atoms with Crippen molar-refractivity contribution in [3.63, 3.8) is 0 Å². The summed E-state index contributed by atoms with van der Waals surface area (Å²) in [5.41, 5.74) is -1.39. The Labute approximate surface area is 256 Å². The molecule has 2 bridgehead atoms. The summed E-state index contributed by atoms with van der Waals surface area (Å²) >= 11 is 3.12. The van der Waals surface area contributed by atoms with Crippen molar-refractivity contribution in [3.05, 3.63) is 16.1 Å². The maximum absolute atomic E-state index is 16.2. The number of piperazine rings is 1. The average molecular weight is 673 g/mol. The summed E-state index contributed by atoms with van der Waals surface area (Å²) in [5.74, 6) is -1.90. The Bertz CT molecular complexity index is 1400. The number of hydrogen-bond donors (Lipinski definition) is 0. The summed E-state index contributed by atoms with van der Waals surface area (Å²) in [6.45, 7) is 7.09. The fourth-order valence-corrected chi connectivity index (χ4v) is 7.55. The van der Waals surface area contributed by atoms with Crippen LogP contribution in [0.4, 0.5) is 23.8 Å². The van der Waals surface area contributed by atoms with Crippen LogP contribution in [0.1, 0.15) is 52.9 Å². The molecule has 4 saturated heterocycles. The van der Waals surface area contributed by atoms with Gasteiger partial charge in [-0.05, 0) is 68.9 Å². The number of rotatable bonds is 7. The zero-order valence-electron chi connectivity index (χ0n) is 24.8. The van der Waals surface area contributed by atoms with E-state index >= 15 is 8.78 Å². The highest BCUT2D eigenvalue weighted by Crippen LogP contribution is 2.44. The van der Waals surface area contributed by atoms with Crippen molar-refractivity contribution in [2.45, 2.75) is 82.3 Å². The van der Waals surface area contributed by atoms with Gasteiger partial charge in [-0.25, -0.2) is 18.0 Å². The fraction of sp³-hybridized carbons (Fsp3) is 0.690. The van der Waals surface area contributed by atoms with Gasteiger partial charge in [0.25, 0.3) is 0 Å². The number of halogens is 4. The van der Waals surface area contributed by atoms with Gasteiger partial charge in [0.1, 0.15) is 34.2 Å². The number of nitrogens with zero attached hydrogens (tertiary/aromatic N) is 5. The van der Waals surface area contributed by atoms with Crippen molar-refractivity contribution >= 4 is 38.7 Å². The molecule has 0 radical (unpaired) electrons. The van der Waals surface area contributed by atoms with E-state index in [1.54, 1.807) is 4.90 Å². The summed E-state index contributed by atoms with van der Waals surface area (Å²) in [6, 6.07) is -0.536. The average Bonchev–Trinajstić information content (AvgIpc) is 3.56. The molecule has 10 nitrogen and oxygen atoms in total. The van der Waals surface area contributed by atoms with Crippen molar-refractivity contribution in [2.75, 3.05) is 51.6 Å². The van der Waals surface area contributed by atoms with Gasteiger partial charge in [0.15, 0.2) is 24.2 Å². The molecular weight excluding hydrogens is 635 g/mol. The van der Waals surface area contributed by atoms with E-state index in [0.717, 1.165) is 32.2 Å². The van der Waals surface area contributed by atoms with Gasteiger partial charge in [-0.1, -0.05) is 0 Å². The molecule has 2 aromatic rings. The lowest BCUT2D eigenvalue weighted by molar-refractivity contribution is 0.0122. The minimum atomic E-state index is -0.943. The van der Waals surface area contributed by atoms with Crippen LogP contribution in [0.15, 0.2) is 4.47 Å². The molecule has 4 aliphatic rings. The maximum Gasteiger partial charge on any atom is 0.410 e. The van der Waals surface area contributed by atoms with Crippen LogP contribution < -0.4 is 14.4 Å². The van der Waals surface area contributed by atoms with E-state index in [1.807, 2.05) is 25.7 Å². The van der Waals surface area contributed by atoms with E-state index in [0.29, 0.717) is 26.1 Å². The number of carbonyl (C=O) groups is 1. The molecule has 6 rings (SSSR count). The molecule has 0 N–H and O–H groups in total. The lowest BCUT2D eigenvalue weighted by Crippen LogP contribution is -2.57. The number of ether oxygens (including phenoxy) is 4. The molecule has 0 aliphatic carbocycles. The van der Waals surface area contributed by atoms with Crippen LogP contribution in [0.2, 0.25) is 0 Å². The van der Waals surface area contributed by atoms with Crippen LogP contribution in [0, 0.1) is 11.6 Å². The van der Waals surface area contributed by atoms with Crippen molar-refractivity contribution in [1.82, 2.24) is 19.8 Å². The summed E-state index contributed by atoms with van der Waals surface area (Å²) < 4.78 is 68.3. The Hall–Kier alpha value is -2.58. The van der Waals surface area contributed by atoms with Crippen LogP contribution >= 0.6 is 15.9 Å². The standard InChI is InChI=1S/C29H37BrF3N5O5/c1-28(2,3)43-27(39)38-17-6-7-18(38)13-36(12-17)25-19-21(32)24(42-15-40-4)20(30)22(33)23(19)34-26(35-25)41-14-29-8-5-9-37(29)11-16(31)10-29/h16-18H,5-15H2,1-4H3/t16-,17?,18?,29+/m1/s1. The number of fused-ring (bicyclic) bond motifs is 4. The molecule has 4 aliphatic heterocycles. The Balaban J connectivity index is 1.38. The van der Waals surface area contributed by atoms with Gasteiger partial charge in [0.2, 0.25) is 0 Å². The zero-order chi connectivity index (χ0) is 30.7. The second-order valence-corrected chi connectivity index (χ2v) is 13.7. The third-order valence-electron chi connectivity index (χ3n) is 8.83. The number of benzene rings is 1. The Morgan fingerprint density at radius 1 is 1.09 bits per heavy atom. The number of amides is 1. The van der Waals surface area contributed by atoms with Crippen LogP contribution in [0.25, 0.3) is 10.9 Å². The monoisotopic (exact) mass is 671 g/mol. The predicted octanol–water partition coefficient (Wildman–Crippen LogP) is 5.20. The molecule has 2 unspecified atom stereocenters. The van der Waals surface area contributed by atoms with Crippen molar-refractivity contribution in [3.8, 4) is 11.8 Å². The van der Waals surface area contributed by atoms with Crippen LogP contribution in [0.5, 0.6) is 11.8 Å². The minimum absolute atomic E-state index is 0.122. The highest BCUT2D eigenvalue weighted by atomic mass is 79.9. The molecule has 236 valence electrons. The third kappa shape index (κ3) is 5.58. The van der Waals surface area contributed by atoms with E-state index in [4.69, 9.17) is 18.9 Å². The van der Waals surface area contributed by atoms with Crippen LogP contribution in [0.3, 0.4) is 0 Å². The largest absolute Gasteiger partial charge is 0.463 e. The fourth-order valence-electron chi connectivity index (χ4n) is 7.08. The SMILES string of the molecule is COCOc1c(Br)c(F)c2nc(OC[C@@]34CCCN3C[C@H](F)C4)nc(N3CC4CCC(C3)N4C(=O)OC(C)(C)C)c2c1F. The first-order valence-electron chi connectivity index (χ1n) is 14.7. The van der Waals surface area contributed by atoms with Gasteiger partial charge < -0.3 is 23.8 Å². The van der Waals surface area contributed by atoms with Crippen molar-refractivity contribution in [2.24, 2.45) is 0 Å². The highest BCUT2D eigenvalue weighted by Gasteiger charge is 2.50. The lowest BCUT2D eigenvalue weighted by atomic mass is 9.95. The number of anilines is 1. The van der Waals surface area contributed by atoms with Gasteiger partial charge in [-0.3, -0.25) is 9.80 Å². The molecule has 0 spiro atoms. The summed E-state index contributed by atoms with van der Waals surface area (Å²) in [4.78, 5) is 27.7. The maximum atomic E-state index is 16.2. The first kappa shape index (κ1) is 30.4. The van der Waals surface area contributed by atoms with Gasteiger partial charge in [-0.15, -0.1) is 0 Å². The lowest BCUT2D eigenvalue weighted by Gasteiger charge is -2.42. The van der Waals surface area contributed by atoms with Crippen LogP contribution in [-0.2, 0) is 9.47 Å². The highest BCUT2D eigenvalue weighted by molar-refractivity contribution is 9.10. The van der Waals surface area contributed by atoms with E-state index in [1.165, 1.54) is 7.11 Å². The third-order valence-corrected chi connectivity index (χ3v) is 9.53. The summed E-state index contributed by atoms with van der Waals surface area (Å²) in [6.07, 6.45) is 2.19. The Morgan fingerprint density at radius 3 is 2.49 bits per heavy atom. The second kappa shape index (κ2) is 11.4. The molecule has 1 aromatic heterocycles. The molecule has 4 fully saturated rings. The topological polar surface area (TPSA) is 89.5 Å².